The number of para-hydroxylation sites is 1. The van der Waals surface area contributed by atoms with Gasteiger partial charge in [-0.1, -0.05) is 30.3 Å². The molecule has 1 heterocycles. The number of aliphatic hydroxyl groups is 1. The summed E-state index contributed by atoms with van der Waals surface area (Å²) in [6.07, 6.45) is 3.52. The van der Waals surface area contributed by atoms with Crippen LogP contribution in [0.1, 0.15) is 29.5 Å². The molecule has 3 unspecified atom stereocenters. The van der Waals surface area contributed by atoms with Crippen LogP contribution >= 0.6 is 0 Å². The predicted molar refractivity (Wildman–Crippen MR) is 78.6 cm³/mol. The summed E-state index contributed by atoms with van der Waals surface area (Å²) >= 11 is 0. The molecule has 106 valence electrons. The summed E-state index contributed by atoms with van der Waals surface area (Å²) in [6.45, 7) is 1.80. The first kappa shape index (κ1) is 12.6. The van der Waals surface area contributed by atoms with Gasteiger partial charge in [0, 0.05) is 5.56 Å². The zero-order valence-corrected chi connectivity index (χ0v) is 11.6. The van der Waals surface area contributed by atoms with Crippen LogP contribution in [-0.2, 0) is 5.60 Å². The highest BCUT2D eigenvalue weighted by atomic mass is 19.1. The SMILES string of the molecule is CC1(O)c2ccccc2OC2C=Cc3cc(F)ccc3C21. The van der Waals surface area contributed by atoms with E-state index in [2.05, 4.69) is 0 Å². The first-order valence-corrected chi connectivity index (χ1v) is 7.03. The van der Waals surface area contributed by atoms with E-state index in [0.717, 1.165) is 16.7 Å². The van der Waals surface area contributed by atoms with Gasteiger partial charge in [0.05, 0.1) is 5.92 Å². The Bertz CT molecular complexity index is 749. The Labute approximate surface area is 122 Å². The first-order valence-electron chi connectivity index (χ1n) is 7.03. The molecule has 0 saturated heterocycles. The minimum absolute atomic E-state index is 0.243. The topological polar surface area (TPSA) is 29.5 Å². The Hall–Kier alpha value is -2.13. The van der Waals surface area contributed by atoms with E-state index in [1.807, 2.05) is 36.4 Å². The predicted octanol–water partition coefficient (Wildman–Crippen LogP) is 3.60. The lowest BCUT2D eigenvalue weighted by atomic mass is 9.70. The summed E-state index contributed by atoms with van der Waals surface area (Å²) in [7, 11) is 0. The number of benzene rings is 2. The molecule has 4 rings (SSSR count). The highest BCUT2D eigenvalue weighted by molar-refractivity contribution is 5.62. The van der Waals surface area contributed by atoms with Gasteiger partial charge in [-0.15, -0.1) is 0 Å². The molecule has 2 aliphatic rings. The van der Waals surface area contributed by atoms with Crippen LogP contribution in [-0.4, -0.2) is 11.2 Å². The smallest absolute Gasteiger partial charge is 0.127 e. The molecule has 0 amide bonds. The third-order valence-corrected chi connectivity index (χ3v) is 4.48. The summed E-state index contributed by atoms with van der Waals surface area (Å²) in [4.78, 5) is 0. The van der Waals surface area contributed by atoms with Crippen LogP contribution in [0.5, 0.6) is 5.75 Å². The fraction of sp³-hybridized carbons (Fsp3) is 0.222. The fourth-order valence-corrected chi connectivity index (χ4v) is 3.49. The molecule has 0 radical (unpaired) electrons. The Morgan fingerprint density at radius 2 is 2.00 bits per heavy atom. The Morgan fingerprint density at radius 3 is 2.86 bits per heavy atom. The number of halogens is 1. The van der Waals surface area contributed by atoms with Crippen molar-refractivity contribution < 1.29 is 14.2 Å². The molecule has 3 heteroatoms. The second-order valence-electron chi connectivity index (χ2n) is 5.84. The number of hydrogen-bond donors (Lipinski definition) is 1. The Morgan fingerprint density at radius 1 is 1.19 bits per heavy atom. The van der Waals surface area contributed by atoms with E-state index < -0.39 is 5.60 Å². The van der Waals surface area contributed by atoms with Crippen LogP contribution in [0, 0.1) is 5.82 Å². The second kappa shape index (κ2) is 4.18. The summed E-state index contributed by atoms with van der Waals surface area (Å²) < 4.78 is 19.4. The van der Waals surface area contributed by atoms with Crippen molar-refractivity contribution in [3.05, 3.63) is 71.0 Å². The summed E-state index contributed by atoms with van der Waals surface area (Å²) in [5, 5.41) is 11.1. The van der Waals surface area contributed by atoms with Gasteiger partial charge in [0.1, 0.15) is 23.3 Å². The van der Waals surface area contributed by atoms with Gasteiger partial charge in [-0.25, -0.2) is 4.39 Å². The molecule has 2 aromatic rings. The molecule has 2 aromatic carbocycles. The van der Waals surface area contributed by atoms with Gasteiger partial charge >= 0.3 is 0 Å². The quantitative estimate of drug-likeness (QED) is 0.800. The molecule has 0 aromatic heterocycles. The van der Waals surface area contributed by atoms with Gasteiger partial charge < -0.3 is 9.84 Å². The number of fused-ring (bicyclic) bond motifs is 4. The van der Waals surface area contributed by atoms with Crippen LogP contribution < -0.4 is 4.74 Å². The molecule has 1 N–H and O–H groups in total. The lowest BCUT2D eigenvalue weighted by Gasteiger charge is -2.45. The van der Waals surface area contributed by atoms with Gasteiger partial charge in [0.2, 0.25) is 0 Å². The highest BCUT2D eigenvalue weighted by Gasteiger charge is 2.47. The van der Waals surface area contributed by atoms with E-state index in [0.29, 0.717) is 5.75 Å². The van der Waals surface area contributed by atoms with Crippen LogP contribution in [0.2, 0.25) is 0 Å². The van der Waals surface area contributed by atoms with E-state index in [-0.39, 0.29) is 17.8 Å². The number of rotatable bonds is 0. The molecule has 21 heavy (non-hydrogen) atoms. The second-order valence-corrected chi connectivity index (χ2v) is 5.84. The van der Waals surface area contributed by atoms with Crippen molar-refractivity contribution >= 4 is 6.08 Å². The van der Waals surface area contributed by atoms with Crippen molar-refractivity contribution in [3.8, 4) is 5.75 Å². The molecule has 2 nitrogen and oxygen atoms in total. The molecule has 0 saturated carbocycles. The average Bonchev–Trinajstić information content (AvgIpc) is 2.47. The third kappa shape index (κ3) is 1.74. The number of ether oxygens (including phenoxy) is 1. The maximum atomic E-state index is 13.4. The molecular formula is C18H15FO2. The molecule has 1 aliphatic heterocycles. The molecule has 0 spiro atoms. The maximum Gasteiger partial charge on any atom is 0.127 e. The number of hydrogen-bond acceptors (Lipinski definition) is 2. The third-order valence-electron chi connectivity index (χ3n) is 4.48. The van der Waals surface area contributed by atoms with Gasteiger partial charge in [-0.05, 0) is 42.3 Å². The zero-order valence-electron chi connectivity index (χ0n) is 11.6. The minimum Gasteiger partial charge on any atom is -0.485 e. The maximum absolute atomic E-state index is 13.4. The Balaban J connectivity index is 1.93. The monoisotopic (exact) mass is 282 g/mol. The molecule has 0 fully saturated rings. The van der Waals surface area contributed by atoms with Gasteiger partial charge in [0.25, 0.3) is 0 Å². The van der Waals surface area contributed by atoms with Gasteiger partial charge in [-0.3, -0.25) is 0 Å². The van der Waals surface area contributed by atoms with E-state index >= 15 is 0 Å². The summed E-state index contributed by atoms with van der Waals surface area (Å²) in [5.74, 6) is 0.195. The van der Waals surface area contributed by atoms with E-state index in [9.17, 15) is 9.50 Å². The fourth-order valence-electron chi connectivity index (χ4n) is 3.49. The van der Waals surface area contributed by atoms with Crippen LogP contribution in [0.3, 0.4) is 0 Å². The van der Waals surface area contributed by atoms with Gasteiger partial charge in [-0.2, -0.15) is 0 Å². The average molecular weight is 282 g/mol. The summed E-state index contributed by atoms with van der Waals surface area (Å²) in [5.41, 5.74) is 1.44. The molecule has 0 bridgehead atoms. The van der Waals surface area contributed by atoms with Crippen molar-refractivity contribution in [1.82, 2.24) is 0 Å². The standard InChI is InChI=1S/C18H15FO2/c1-18(20)14-4-2-3-5-15(14)21-16-9-6-11-10-12(19)7-8-13(11)17(16)18/h2-10,16-17,20H,1H3. The zero-order chi connectivity index (χ0) is 14.6. The lowest BCUT2D eigenvalue weighted by molar-refractivity contribution is -0.0287. The molecule has 1 aliphatic carbocycles. The summed E-state index contributed by atoms with van der Waals surface area (Å²) in [6, 6.07) is 12.2. The van der Waals surface area contributed by atoms with Crippen LogP contribution in [0.4, 0.5) is 4.39 Å². The van der Waals surface area contributed by atoms with Crippen LogP contribution in [0.15, 0.2) is 48.5 Å². The van der Waals surface area contributed by atoms with Crippen LogP contribution in [0.25, 0.3) is 6.08 Å². The first-order chi connectivity index (χ1) is 10.1. The van der Waals surface area contributed by atoms with Crippen molar-refractivity contribution in [3.63, 3.8) is 0 Å². The van der Waals surface area contributed by atoms with E-state index in [4.69, 9.17) is 4.74 Å². The van der Waals surface area contributed by atoms with Crippen molar-refractivity contribution in [2.45, 2.75) is 24.5 Å². The largest absolute Gasteiger partial charge is 0.485 e. The Kier molecular flexibility index (Phi) is 2.51. The van der Waals surface area contributed by atoms with Crippen molar-refractivity contribution in [2.24, 2.45) is 0 Å². The van der Waals surface area contributed by atoms with E-state index in [1.54, 1.807) is 13.0 Å². The lowest BCUT2D eigenvalue weighted by Crippen LogP contribution is -2.45. The molecular weight excluding hydrogens is 267 g/mol. The highest BCUT2D eigenvalue weighted by Crippen LogP contribution is 2.50. The molecule has 3 atom stereocenters. The van der Waals surface area contributed by atoms with Gasteiger partial charge in [0.15, 0.2) is 0 Å². The van der Waals surface area contributed by atoms with Crippen molar-refractivity contribution in [2.75, 3.05) is 0 Å². The normalized spacial score (nSPS) is 29.1. The minimum atomic E-state index is -1.06. The van der Waals surface area contributed by atoms with Crippen molar-refractivity contribution in [1.29, 1.82) is 0 Å². The van der Waals surface area contributed by atoms with E-state index in [1.165, 1.54) is 12.1 Å².